The number of halogens is 1. The van der Waals surface area contributed by atoms with E-state index in [1.807, 2.05) is 18.0 Å². The van der Waals surface area contributed by atoms with Gasteiger partial charge in [-0.1, -0.05) is 11.6 Å². The highest BCUT2D eigenvalue weighted by Gasteiger charge is 2.15. The number of hydrogen-bond donors (Lipinski definition) is 0. The number of allylic oxidation sites excluding steroid dienone is 1. The monoisotopic (exact) mass is 214 g/mol. The van der Waals surface area contributed by atoms with Crippen molar-refractivity contribution in [2.45, 2.75) is 0 Å². The molecule has 0 radical (unpaired) electrons. The molecule has 14 heavy (non-hydrogen) atoms. The Morgan fingerprint density at radius 2 is 2.07 bits per heavy atom. The van der Waals surface area contributed by atoms with Crippen LogP contribution in [-0.2, 0) is 4.74 Å². The molecule has 2 aliphatic heterocycles. The van der Waals surface area contributed by atoms with Gasteiger partial charge in [-0.25, -0.2) is 0 Å². The van der Waals surface area contributed by atoms with E-state index in [1.54, 1.807) is 0 Å². The lowest BCUT2D eigenvalue weighted by atomic mass is 10.2. The Balaban J connectivity index is 2.04. The van der Waals surface area contributed by atoms with Gasteiger partial charge in [0.05, 0.1) is 13.2 Å². The zero-order valence-electron chi connectivity index (χ0n) is 8.37. The van der Waals surface area contributed by atoms with Crippen molar-refractivity contribution < 1.29 is 4.74 Å². The number of likely N-dealkylation sites (N-methyl/N-ethyl adjacent to an activating group) is 1. The molecular weight excluding hydrogens is 200 g/mol. The van der Waals surface area contributed by atoms with E-state index in [0.29, 0.717) is 0 Å². The molecule has 0 spiro atoms. The first-order valence-electron chi connectivity index (χ1n) is 4.88. The molecule has 0 aromatic rings. The molecule has 0 aromatic carbocycles. The van der Waals surface area contributed by atoms with Crippen molar-refractivity contribution in [3.63, 3.8) is 0 Å². The van der Waals surface area contributed by atoms with E-state index >= 15 is 0 Å². The van der Waals surface area contributed by atoms with Crippen LogP contribution in [0.5, 0.6) is 0 Å². The van der Waals surface area contributed by atoms with E-state index in [0.717, 1.165) is 38.0 Å². The second kappa shape index (κ2) is 4.24. The minimum absolute atomic E-state index is 0.814. The zero-order chi connectivity index (χ0) is 9.97. The van der Waals surface area contributed by atoms with E-state index in [-0.39, 0.29) is 0 Å². The van der Waals surface area contributed by atoms with Crippen LogP contribution < -0.4 is 0 Å². The van der Waals surface area contributed by atoms with Gasteiger partial charge in [0.1, 0.15) is 5.16 Å². The second-order valence-electron chi connectivity index (χ2n) is 3.58. The molecule has 0 aliphatic carbocycles. The van der Waals surface area contributed by atoms with E-state index in [1.165, 1.54) is 5.70 Å². The van der Waals surface area contributed by atoms with Gasteiger partial charge in [-0.05, 0) is 12.2 Å². The summed E-state index contributed by atoms with van der Waals surface area (Å²) in [5.74, 6) is 0. The van der Waals surface area contributed by atoms with Crippen molar-refractivity contribution in [2.24, 2.45) is 0 Å². The molecule has 78 valence electrons. The molecule has 2 heterocycles. The average Bonchev–Trinajstić information content (AvgIpc) is 2.23. The molecular formula is C10H15ClN2O. The summed E-state index contributed by atoms with van der Waals surface area (Å²) in [7, 11) is 1.99. The van der Waals surface area contributed by atoms with Gasteiger partial charge in [0, 0.05) is 32.4 Å². The topological polar surface area (TPSA) is 15.7 Å². The third-order valence-corrected chi connectivity index (χ3v) is 2.98. The minimum atomic E-state index is 0.814. The Morgan fingerprint density at radius 3 is 2.71 bits per heavy atom. The summed E-state index contributed by atoms with van der Waals surface area (Å²) in [6.07, 6.45) is 4.23. The van der Waals surface area contributed by atoms with Gasteiger partial charge < -0.3 is 14.5 Å². The molecule has 0 aromatic heterocycles. The van der Waals surface area contributed by atoms with Crippen molar-refractivity contribution in [3.05, 3.63) is 23.0 Å². The molecule has 4 heteroatoms. The fourth-order valence-corrected chi connectivity index (χ4v) is 1.83. The molecule has 0 saturated carbocycles. The van der Waals surface area contributed by atoms with Crippen molar-refractivity contribution in [1.82, 2.24) is 9.80 Å². The summed E-state index contributed by atoms with van der Waals surface area (Å²) in [6, 6.07) is 0. The van der Waals surface area contributed by atoms with Crippen LogP contribution in [0.2, 0.25) is 0 Å². The number of nitrogens with zero attached hydrogens (tertiary/aromatic N) is 2. The molecule has 3 nitrogen and oxygen atoms in total. The highest BCUT2D eigenvalue weighted by atomic mass is 35.5. The molecule has 0 unspecified atom stereocenters. The molecule has 0 bridgehead atoms. The highest BCUT2D eigenvalue weighted by molar-refractivity contribution is 6.29. The van der Waals surface area contributed by atoms with E-state index in [4.69, 9.17) is 16.3 Å². The van der Waals surface area contributed by atoms with Crippen LogP contribution in [0.25, 0.3) is 0 Å². The fraction of sp³-hybridized carbons (Fsp3) is 0.600. The molecule has 0 atom stereocenters. The first-order valence-corrected chi connectivity index (χ1v) is 5.26. The second-order valence-corrected chi connectivity index (χ2v) is 3.96. The summed E-state index contributed by atoms with van der Waals surface area (Å²) >= 11 is 6.07. The maximum Gasteiger partial charge on any atom is 0.106 e. The van der Waals surface area contributed by atoms with Gasteiger partial charge in [0.25, 0.3) is 0 Å². The zero-order valence-corrected chi connectivity index (χ0v) is 9.13. The predicted octanol–water partition coefficient (Wildman–Crippen LogP) is 1.23. The van der Waals surface area contributed by atoms with Crippen LogP contribution >= 0.6 is 11.6 Å². The first kappa shape index (κ1) is 9.87. The summed E-state index contributed by atoms with van der Waals surface area (Å²) in [6.45, 7) is 4.46. The number of morpholine rings is 1. The van der Waals surface area contributed by atoms with Gasteiger partial charge in [-0.3, -0.25) is 0 Å². The Morgan fingerprint density at radius 1 is 1.36 bits per heavy atom. The Labute approximate surface area is 89.6 Å². The van der Waals surface area contributed by atoms with Crippen LogP contribution in [-0.4, -0.2) is 49.7 Å². The van der Waals surface area contributed by atoms with Crippen LogP contribution in [0, 0.1) is 0 Å². The summed E-state index contributed by atoms with van der Waals surface area (Å²) in [5.41, 5.74) is 1.23. The largest absolute Gasteiger partial charge is 0.378 e. The summed E-state index contributed by atoms with van der Waals surface area (Å²) in [5, 5.41) is 0.814. The molecule has 2 rings (SSSR count). The third-order valence-electron chi connectivity index (χ3n) is 2.58. The molecule has 0 N–H and O–H groups in total. The fourth-order valence-electron chi connectivity index (χ4n) is 1.65. The van der Waals surface area contributed by atoms with E-state index < -0.39 is 0 Å². The number of ether oxygens (including phenoxy) is 1. The lowest BCUT2D eigenvalue weighted by molar-refractivity contribution is 0.0549. The van der Waals surface area contributed by atoms with Crippen LogP contribution in [0.4, 0.5) is 0 Å². The smallest absolute Gasteiger partial charge is 0.106 e. The quantitative estimate of drug-likeness (QED) is 0.611. The average molecular weight is 215 g/mol. The minimum Gasteiger partial charge on any atom is -0.378 e. The maximum atomic E-state index is 6.07. The number of rotatable bonds is 1. The Bertz CT molecular complexity index is 269. The maximum absolute atomic E-state index is 6.07. The standard InChI is InChI=1S/C10H15ClN2O/c1-12-3-2-9(8-10(12)11)13-4-6-14-7-5-13/h2,8H,3-7H2,1H3. The van der Waals surface area contributed by atoms with Crippen LogP contribution in [0.1, 0.15) is 0 Å². The predicted molar refractivity (Wildman–Crippen MR) is 57.0 cm³/mol. The van der Waals surface area contributed by atoms with E-state index in [2.05, 4.69) is 11.0 Å². The van der Waals surface area contributed by atoms with Crippen molar-refractivity contribution >= 4 is 11.6 Å². The highest BCUT2D eigenvalue weighted by Crippen LogP contribution is 2.19. The Hall–Kier alpha value is -0.670. The molecule has 1 fully saturated rings. The van der Waals surface area contributed by atoms with Crippen LogP contribution in [0.15, 0.2) is 23.0 Å². The van der Waals surface area contributed by atoms with Gasteiger partial charge in [-0.2, -0.15) is 0 Å². The van der Waals surface area contributed by atoms with Crippen molar-refractivity contribution in [3.8, 4) is 0 Å². The van der Waals surface area contributed by atoms with Crippen LogP contribution in [0.3, 0.4) is 0 Å². The van der Waals surface area contributed by atoms with Crippen molar-refractivity contribution in [2.75, 3.05) is 39.9 Å². The molecule has 2 aliphatic rings. The SMILES string of the molecule is CN1CC=C(N2CCOCC2)C=C1Cl. The normalized spacial score (nSPS) is 23.3. The van der Waals surface area contributed by atoms with Gasteiger partial charge in [-0.15, -0.1) is 0 Å². The summed E-state index contributed by atoms with van der Waals surface area (Å²) < 4.78 is 5.31. The Kier molecular flexibility index (Phi) is 2.99. The van der Waals surface area contributed by atoms with Gasteiger partial charge in [0.15, 0.2) is 0 Å². The van der Waals surface area contributed by atoms with E-state index in [9.17, 15) is 0 Å². The summed E-state index contributed by atoms with van der Waals surface area (Å²) in [4.78, 5) is 4.34. The lowest BCUT2D eigenvalue weighted by Gasteiger charge is -2.32. The lowest BCUT2D eigenvalue weighted by Crippen LogP contribution is -2.36. The van der Waals surface area contributed by atoms with Gasteiger partial charge in [0.2, 0.25) is 0 Å². The molecule has 1 saturated heterocycles. The van der Waals surface area contributed by atoms with Crippen molar-refractivity contribution in [1.29, 1.82) is 0 Å². The number of hydrogen-bond acceptors (Lipinski definition) is 3. The first-order chi connectivity index (χ1) is 6.77. The third kappa shape index (κ3) is 2.04. The molecule has 0 amide bonds. The van der Waals surface area contributed by atoms with Gasteiger partial charge >= 0.3 is 0 Å².